The van der Waals surface area contributed by atoms with Gasteiger partial charge in [0.2, 0.25) is 5.91 Å². The normalized spacial score (nSPS) is 16.4. The Morgan fingerprint density at radius 1 is 1.17 bits per heavy atom. The standard InChI is InChI=1S/C19H27NO3/c1-18(2,13-17(22)23)12-16(21)20-14-19(9-6-10-19)11-15-7-4-3-5-8-15/h3-5,7-8H,6,9-14H2,1-2H3,(H,20,21)(H,22,23). The van der Waals surface area contributed by atoms with E-state index in [1.54, 1.807) is 0 Å². The second-order valence-corrected chi connectivity index (χ2v) is 7.70. The zero-order chi connectivity index (χ0) is 16.9. The monoisotopic (exact) mass is 317 g/mol. The van der Waals surface area contributed by atoms with Gasteiger partial charge in [0.25, 0.3) is 0 Å². The molecule has 0 saturated heterocycles. The molecule has 1 saturated carbocycles. The number of rotatable bonds is 8. The maximum Gasteiger partial charge on any atom is 0.303 e. The van der Waals surface area contributed by atoms with Crippen LogP contribution in [0.3, 0.4) is 0 Å². The minimum Gasteiger partial charge on any atom is -0.481 e. The molecule has 0 heterocycles. The molecule has 0 bridgehead atoms. The molecule has 1 amide bonds. The van der Waals surface area contributed by atoms with E-state index in [1.165, 1.54) is 12.0 Å². The number of amides is 1. The first-order valence-corrected chi connectivity index (χ1v) is 8.33. The summed E-state index contributed by atoms with van der Waals surface area (Å²) in [7, 11) is 0. The van der Waals surface area contributed by atoms with E-state index < -0.39 is 11.4 Å². The van der Waals surface area contributed by atoms with Gasteiger partial charge < -0.3 is 10.4 Å². The highest BCUT2D eigenvalue weighted by atomic mass is 16.4. The summed E-state index contributed by atoms with van der Waals surface area (Å²) in [5.74, 6) is -0.905. The van der Waals surface area contributed by atoms with E-state index in [-0.39, 0.29) is 24.2 Å². The Bertz CT molecular complexity index is 547. The first-order valence-electron chi connectivity index (χ1n) is 8.33. The van der Waals surface area contributed by atoms with Crippen molar-refractivity contribution in [2.75, 3.05) is 6.54 Å². The molecular weight excluding hydrogens is 290 g/mol. The molecule has 4 heteroatoms. The van der Waals surface area contributed by atoms with Crippen molar-refractivity contribution in [2.45, 2.75) is 52.4 Å². The van der Waals surface area contributed by atoms with E-state index in [0.29, 0.717) is 6.54 Å². The van der Waals surface area contributed by atoms with Gasteiger partial charge in [0.1, 0.15) is 0 Å². The van der Waals surface area contributed by atoms with E-state index in [0.717, 1.165) is 19.3 Å². The average Bonchev–Trinajstić information content (AvgIpc) is 2.40. The topological polar surface area (TPSA) is 66.4 Å². The number of carbonyl (C=O) groups is 2. The van der Waals surface area contributed by atoms with Crippen molar-refractivity contribution in [1.29, 1.82) is 0 Å². The second-order valence-electron chi connectivity index (χ2n) is 7.70. The van der Waals surface area contributed by atoms with Crippen LogP contribution in [-0.4, -0.2) is 23.5 Å². The number of carboxylic acid groups (broad SMARTS) is 1. The fourth-order valence-corrected chi connectivity index (χ4v) is 3.38. The van der Waals surface area contributed by atoms with E-state index in [9.17, 15) is 9.59 Å². The fraction of sp³-hybridized carbons (Fsp3) is 0.579. The Hall–Kier alpha value is -1.84. The molecule has 1 aromatic rings. The molecule has 23 heavy (non-hydrogen) atoms. The maximum absolute atomic E-state index is 12.2. The van der Waals surface area contributed by atoms with Crippen LogP contribution in [0.15, 0.2) is 30.3 Å². The minimum absolute atomic E-state index is 0.00950. The van der Waals surface area contributed by atoms with Crippen molar-refractivity contribution in [3.63, 3.8) is 0 Å². The van der Waals surface area contributed by atoms with Gasteiger partial charge in [-0.3, -0.25) is 9.59 Å². The van der Waals surface area contributed by atoms with E-state index in [4.69, 9.17) is 5.11 Å². The smallest absolute Gasteiger partial charge is 0.303 e. The summed E-state index contributed by atoms with van der Waals surface area (Å²) in [6.07, 6.45) is 4.75. The van der Waals surface area contributed by atoms with Crippen LogP contribution in [0.5, 0.6) is 0 Å². The highest BCUT2D eigenvalue weighted by Crippen LogP contribution is 2.43. The van der Waals surface area contributed by atoms with Crippen molar-refractivity contribution < 1.29 is 14.7 Å². The number of hydrogen-bond donors (Lipinski definition) is 2. The van der Waals surface area contributed by atoms with Crippen LogP contribution >= 0.6 is 0 Å². The number of carbonyl (C=O) groups excluding carboxylic acids is 1. The molecule has 2 rings (SSSR count). The fourth-order valence-electron chi connectivity index (χ4n) is 3.38. The van der Waals surface area contributed by atoms with E-state index in [1.807, 2.05) is 19.9 Å². The molecule has 1 aliphatic rings. The number of nitrogens with one attached hydrogen (secondary N) is 1. The summed E-state index contributed by atoms with van der Waals surface area (Å²) < 4.78 is 0. The third kappa shape index (κ3) is 5.38. The Kier molecular flexibility index (Phi) is 5.45. The predicted octanol–water partition coefficient (Wildman–Crippen LogP) is 3.41. The lowest BCUT2D eigenvalue weighted by molar-refractivity contribution is -0.139. The zero-order valence-electron chi connectivity index (χ0n) is 14.1. The van der Waals surface area contributed by atoms with Crippen LogP contribution in [0.4, 0.5) is 0 Å². The van der Waals surface area contributed by atoms with Crippen LogP contribution in [0, 0.1) is 10.8 Å². The number of carboxylic acids is 1. The second kappa shape index (κ2) is 7.16. The number of benzene rings is 1. The molecule has 4 nitrogen and oxygen atoms in total. The molecular formula is C19H27NO3. The molecule has 0 spiro atoms. The molecule has 0 radical (unpaired) electrons. The van der Waals surface area contributed by atoms with Gasteiger partial charge >= 0.3 is 5.97 Å². The summed E-state index contributed by atoms with van der Waals surface area (Å²) in [5, 5.41) is 11.9. The summed E-state index contributed by atoms with van der Waals surface area (Å²) in [5.41, 5.74) is 0.975. The van der Waals surface area contributed by atoms with Crippen molar-refractivity contribution in [2.24, 2.45) is 10.8 Å². The average molecular weight is 317 g/mol. The molecule has 1 aliphatic carbocycles. The molecule has 126 valence electrons. The molecule has 1 fully saturated rings. The van der Waals surface area contributed by atoms with Gasteiger partial charge in [-0.25, -0.2) is 0 Å². The van der Waals surface area contributed by atoms with Crippen LogP contribution in [0.2, 0.25) is 0 Å². The van der Waals surface area contributed by atoms with Crippen molar-refractivity contribution in [1.82, 2.24) is 5.32 Å². The first kappa shape index (κ1) is 17.5. The Morgan fingerprint density at radius 2 is 1.83 bits per heavy atom. The Morgan fingerprint density at radius 3 is 2.35 bits per heavy atom. The number of hydrogen-bond acceptors (Lipinski definition) is 2. The Labute approximate surface area is 138 Å². The van der Waals surface area contributed by atoms with E-state index in [2.05, 4.69) is 29.6 Å². The largest absolute Gasteiger partial charge is 0.481 e. The van der Waals surface area contributed by atoms with Crippen molar-refractivity contribution in [3.8, 4) is 0 Å². The minimum atomic E-state index is -0.859. The highest BCUT2D eigenvalue weighted by molar-refractivity contribution is 5.78. The molecule has 0 aromatic heterocycles. The molecule has 0 unspecified atom stereocenters. The predicted molar refractivity (Wildman–Crippen MR) is 90.1 cm³/mol. The van der Waals surface area contributed by atoms with Crippen LogP contribution in [0.1, 0.15) is 51.5 Å². The number of aliphatic carboxylic acids is 1. The SMILES string of the molecule is CC(C)(CC(=O)O)CC(=O)NCC1(Cc2ccccc2)CCC1. The van der Waals surface area contributed by atoms with Gasteiger partial charge in [0.05, 0.1) is 6.42 Å². The lowest BCUT2D eigenvalue weighted by atomic mass is 9.65. The summed E-state index contributed by atoms with van der Waals surface area (Å²) in [6, 6.07) is 10.4. The van der Waals surface area contributed by atoms with Crippen LogP contribution in [0.25, 0.3) is 0 Å². The lowest BCUT2D eigenvalue weighted by Crippen LogP contribution is -2.44. The summed E-state index contributed by atoms with van der Waals surface area (Å²) in [4.78, 5) is 23.0. The summed E-state index contributed by atoms with van der Waals surface area (Å²) >= 11 is 0. The third-order valence-corrected chi connectivity index (χ3v) is 4.77. The Balaban J connectivity index is 1.85. The van der Waals surface area contributed by atoms with Crippen LogP contribution in [-0.2, 0) is 16.0 Å². The maximum atomic E-state index is 12.2. The van der Waals surface area contributed by atoms with Gasteiger partial charge in [0, 0.05) is 13.0 Å². The molecule has 1 aromatic carbocycles. The molecule has 0 aliphatic heterocycles. The lowest BCUT2D eigenvalue weighted by Gasteiger charge is -2.42. The third-order valence-electron chi connectivity index (χ3n) is 4.77. The molecule has 2 N–H and O–H groups in total. The van der Waals surface area contributed by atoms with Gasteiger partial charge in [-0.1, -0.05) is 50.6 Å². The molecule has 0 atom stereocenters. The van der Waals surface area contributed by atoms with Crippen LogP contribution < -0.4 is 5.32 Å². The quantitative estimate of drug-likeness (QED) is 0.772. The van der Waals surface area contributed by atoms with Gasteiger partial charge in [-0.05, 0) is 35.7 Å². The zero-order valence-corrected chi connectivity index (χ0v) is 14.1. The summed E-state index contributed by atoms with van der Waals surface area (Å²) in [6.45, 7) is 4.33. The van der Waals surface area contributed by atoms with Crippen molar-refractivity contribution in [3.05, 3.63) is 35.9 Å². The van der Waals surface area contributed by atoms with Gasteiger partial charge in [-0.15, -0.1) is 0 Å². The van der Waals surface area contributed by atoms with Crippen molar-refractivity contribution >= 4 is 11.9 Å². The first-order chi connectivity index (χ1) is 10.8. The van der Waals surface area contributed by atoms with E-state index >= 15 is 0 Å². The highest BCUT2D eigenvalue weighted by Gasteiger charge is 2.37. The van der Waals surface area contributed by atoms with Gasteiger partial charge in [-0.2, -0.15) is 0 Å². The van der Waals surface area contributed by atoms with Gasteiger partial charge in [0.15, 0.2) is 0 Å².